The third kappa shape index (κ3) is 5.46. The minimum Gasteiger partial charge on any atom is -0.373 e. The third-order valence-corrected chi connectivity index (χ3v) is 1.16. The van der Waals surface area contributed by atoms with Gasteiger partial charge in [0.05, 0.1) is 0 Å². The number of esters is 1. The van der Waals surface area contributed by atoms with E-state index in [-0.39, 0.29) is 0 Å². The molecule has 0 aliphatic rings. The maximum atomic E-state index is 10.7. The summed E-state index contributed by atoms with van der Waals surface area (Å²) >= 11 is 0. The molecule has 0 aromatic carbocycles. The highest BCUT2D eigenvalue weighted by molar-refractivity contribution is 5.90. The molecule has 0 unspecified atom stereocenters. The third-order valence-electron chi connectivity index (χ3n) is 1.16. The number of rotatable bonds is 4. The van der Waals surface area contributed by atoms with Crippen LogP contribution in [0.4, 0.5) is 4.79 Å². The van der Waals surface area contributed by atoms with Crippen molar-refractivity contribution in [1.29, 1.82) is 0 Å². The molecule has 68 valence electrons. The lowest BCUT2D eigenvalue weighted by Crippen LogP contribution is -2.26. The molecule has 0 aliphatic carbocycles. The predicted molar refractivity (Wildman–Crippen MR) is 44.6 cm³/mol. The van der Waals surface area contributed by atoms with E-state index in [0.29, 0.717) is 6.54 Å². The van der Waals surface area contributed by atoms with Crippen molar-refractivity contribution in [1.82, 2.24) is 5.32 Å². The van der Waals surface area contributed by atoms with Crippen LogP contribution >= 0.6 is 0 Å². The largest absolute Gasteiger partial charge is 0.415 e. The number of alkyl carbamates (subject to hydrolysis) is 1. The first-order valence-electron chi connectivity index (χ1n) is 3.82. The Kier molecular flexibility index (Phi) is 5.69. The second-order valence-corrected chi connectivity index (χ2v) is 2.19. The minimum atomic E-state index is -0.732. The molecule has 0 fully saturated rings. The molecule has 0 heterocycles. The summed E-state index contributed by atoms with van der Waals surface area (Å²) in [5, 5.41) is 2.42. The number of nitrogens with one attached hydrogen (secondary N) is 1. The van der Waals surface area contributed by atoms with Gasteiger partial charge in [-0.2, -0.15) is 0 Å². The zero-order chi connectivity index (χ0) is 9.40. The quantitative estimate of drug-likeness (QED) is 0.299. The highest BCUT2D eigenvalue weighted by Crippen LogP contribution is 1.85. The molecule has 0 rings (SSSR count). The minimum absolute atomic E-state index is 0.528. The molecule has 12 heavy (non-hydrogen) atoms. The molecule has 1 N–H and O–H groups in total. The van der Waals surface area contributed by atoms with E-state index in [0.717, 1.165) is 18.9 Å². The summed E-state index contributed by atoms with van der Waals surface area (Å²) in [4.78, 5) is 21.1. The SMILES string of the molecule is C=CC(=O)OC(=O)NCCCC. The van der Waals surface area contributed by atoms with Crippen LogP contribution in [0, 0.1) is 0 Å². The highest BCUT2D eigenvalue weighted by atomic mass is 16.6. The molecule has 4 nitrogen and oxygen atoms in total. The molecule has 0 radical (unpaired) electrons. The molecule has 0 spiro atoms. The number of amides is 1. The van der Waals surface area contributed by atoms with Crippen molar-refractivity contribution < 1.29 is 14.3 Å². The summed E-state index contributed by atoms with van der Waals surface area (Å²) < 4.78 is 4.24. The van der Waals surface area contributed by atoms with Gasteiger partial charge in [-0.05, 0) is 6.42 Å². The topological polar surface area (TPSA) is 55.4 Å². The molecular formula is C8H13NO3. The van der Waals surface area contributed by atoms with Crippen LogP contribution in [0.3, 0.4) is 0 Å². The molecule has 0 bridgehead atoms. The van der Waals surface area contributed by atoms with Crippen molar-refractivity contribution in [2.24, 2.45) is 0 Å². The van der Waals surface area contributed by atoms with E-state index in [2.05, 4.69) is 16.6 Å². The fraction of sp³-hybridized carbons (Fsp3) is 0.500. The standard InChI is InChI=1S/C8H13NO3/c1-3-5-6-9-8(11)12-7(10)4-2/h4H,2-3,5-6H2,1H3,(H,9,11). The molecule has 0 atom stereocenters. The monoisotopic (exact) mass is 171 g/mol. The van der Waals surface area contributed by atoms with E-state index < -0.39 is 12.1 Å². The lowest BCUT2D eigenvalue weighted by Gasteiger charge is -2.01. The summed E-state index contributed by atoms with van der Waals surface area (Å²) in [5.74, 6) is -0.732. The van der Waals surface area contributed by atoms with Gasteiger partial charge < -0.3 is 10.1 Å². The number of unbranched alkanes of at least 4 members (excludes halogenated alkanes) is 1. The van der Waals surface area contributed by atoms with Gasteiger partial charge in [0, 0.05) is 12.6 Å². The Morgan fingerprint density at radius 1 is 1.58 bits per heavy atom. The maximum Gasteiger partial charge on any atom is 0.415 e. The van der Waals surface area contributed by atoms with Crippen LogP contribution in [-0.2, 0) is 9.53 Å². The van der Waals surface area contributed by atoms with Crippen LogP contribution < -0.4 is 5.32 Å². The van der Waals surface area contributed by atoms with Gasteiger partial charge >= 0.3 is 12.1 Å². The summed E-state index contributed by atoms with van der Waals surface area (Å²) in [6, 6.07) is 0. The van der Waals surface area contributed by atoms with Crippen molar-refractivity contribution in [3.8, 4) is 0 Å². The Morgan fingerprint density at radius 3 is 2.75 bits per heavy atom. The van der Waals surface area contributed by atoms with Crippen LogP contribution in [-0.4, -0.2) is 18.6 Å². The van der Waals surface area contributed by atoms with Gasteiger partial charge in [0.2, 0.25) is 0 Å². The van der Waals surface area contributed by atoms with Crippen LogP contribution in [0.5, 0.6) is 0 Å². The summed E-state index contributed by atoms with van der Waals surface area (Å²) in [6.45, 7) is 5.69. The first-order chi connectivity index (χ1) is 5.70. The van der Waals surface area contributed by atoms with E-state index in [1.165, 1.54) is 0 Å². The van der Waals surface area contributed by atoms with Gasteiger partial charge in [-0.15, -0.1) is 0 Å². The number of carbonyl (C=O) groups excluding carboxylic acids is 2. The van der Waals surface area contributed by atoms with E-state index in [1.807, 2.05) is 6.92 Å². The van der Waals surface area contributed by atoms with E-state index >= 15 is 0 Å². The first-order valence-corrected chi connectivity index (χ1v) is 3.82. The lowest BCUT2D eigenvalue weighted by molar-refractivity contribution is -0.131. The molecule has 4 heteroatoms. The van der Waals surface area contributed by atoms with Crippen LogP contribution in [0.2, 0.25) is 0 Å². The van der Waals surface area contributed by atoms with Crippen molar-refractivity contribution in [2.45, 2.75) is 19.8 Å². The maximum absolute atomic E-state index is 10.7. The summed E-state index contributed by atoms with van der Waals surface area (Å²) in [6.07, 6.45) is 2.08. The van der Waals surface area contributed by atoms with Crippen LogP contribution in [0.1, 0.15) is 19.8 Å². The van der Waals surface area contributed by atoms with Gasteiger partial charge in [0.15, 0.2) is 0 Å². The van der Waals surface area contributed by atoms with Crippen LogP contribution in [0.25, 0.3) is 0 Å². The number of hydrogen-bond acceptors (Lipinski definition) is 3. The Morgan fingerprint density at radius 2 is 2.25 bits per heavy atom. The zero-order valence-electron chi connectivity index (χ0n) is 7.13. The van der Waals surface area contributed by atoms with E-state index in [9.17, 15) is 9.59 Å². The predicted octanol–water partition coefficient (Wildman–Crippen LogP) is 1.23. The van der Waals surface area contributed by atoms with Crippen LogP contribution in [0.15, 0.2) is 12.7 Å². The number of hydrogen-bond donors (Lipinski definition) is 1. The Bertz CT molecular complexity index is 177. The molecule has 0 aromatic rings. The second kappa shape index (κ2) is 6.39. The Labute approximate surface area is 71.6 Å². The van der Waals surface area contributed by atoms with E-state index in [1.54, 1.807) is 0 Å². The smallest absolute Gasteiger partial charge is 0.373 e. The summed E-state index contributed by atoms with van der Waals surface area (Å²) in [5.41, 5.74) is 0. The zero-order valence-corrected chi connectivity index (χ0v) is 7.13. The number of ether oxygens (including phenoxy) is 1. The van der Waals surface area contributed by atoms with E-state index in [4.69, 9.17) is 0 Å². The average Bonchev–Trinajstić information content (AvgIpc) is 2.05. The molecule has 0 saturated heterocycles. The van der Waals surface area contributed by atoms with Gasteiger partial charge in [-0.3, -0.25) is 0 Å². The van der Waals surface area contributed by atoms with Gasteiger partial charge in [-0.25, -0.2) is 9.59 Å². The van der Waals surface area contributed by atoms with Gasteiger partial charge in [-0.1, -0.05) is 19.9 Å². The fourth-order valence-corrected chi connectivity index (χ4v) is 0.536. The fourth-order valence-electron chi connectivity index (χ4n) is 0.536. The highest BCUT2D eigenvalue weighted by Gasteiger charge is 2.04. The molecular weight excluding hydrogens is 158 g/mol. The Balaban J connectivity index is 3.46. The molecule has 0 aliphatic heterocycles. The van der Waals surface area contributed by atoms with Crippen molar-refractivity contribution in [3.05, 3.63) is 12.7 Å². The van der Waals surface area contributed by atoms with Crippen molar-refractivity contribution in [3.63, 3.8) is 0 Å². The Hall–Kier alpha value is -1.32. The second-order valence-electron chi connectivity index (χ2n) is 2.19. The van der Waals surface area contributed by atoms with Crippen molar-refractivity contribution >= 4 is 12.1 Å². The van der Waals surface area contributed by atoms with Crippen molar-refractivity contribution in [2.75, 3.05) is 6.54 Å². The number of carbonyl (C=O) groups is 2. The molecule has 0 saturated carbocycles. The summed E-state index contributed by atoms with van der Waals surface area (Å²) in [7, 11) is 0. The van der Waals surface area contributed by atoms with Gasteiger partial charge in [0.25, 0.3) is 0 Å². The lowest BCUT2D eigenvalue weighted by atomic mass is 10.3. The normalized spacial score (nSPS) is 8.75. The molecule has 1 amide bonds. The first kappa shape index (κ1) is 10.7. The van der Waals surface area contributed by atoms with Gasteiger partial charge in [0.1, 0.15) is 0 Å². The molecule has 0 aromatic heterocycles. The average molecular weight is 171 g/mol.